The zero-order valence-corrected chi connectivity index (χ0v) is 11.0. The molecular weight excluding hydrogens is 186 g/mol. The van der Waals surface area contributed by atoms with Crippen LogP contribution in [0.25, 0.3) is 0 Å². The summed E-state index contributed by atoms with van der Waals surface area (Å²) in [5.41, 5.74) is 0. The molecule has 1 N–H and O–H groups in total. The molecule has 0 fully saturated rings. The van der Waals surface area contributed by atoms with E-state index in [9.17, 15) is 4.79 Å². The van der Waals surface area contributed by atoms with Gasteiger partial charge in [-0.25, -0.2) is 0 Å². The predicted molar refractivity (Wildman–Crippen MR) is 66.0 cm³/mol. The molecule has 0 spiro atoms. The minimum atomic E-state index is 0.0454. The van der Waals surface area contributed by atoms with Crippen molar-refractivity contribution in [1.29, 1.82) is 0 Å². The Balaban J connectivity index is 3.59. The molecule has 0 rings (SSSR count). The third kappa shape index (κ3) is 7.55. The molecule has 0 aliphatic rings. The summed E-state index contributed by atoms with van der Waals surface area (Å²) in [5, 5.41) is 3.34. The highest BCUT2D eigenvalue weighted by atomic mass is 16.1. The van der Waals surface area contributed by atoms with E-state index in [0.717, 1.165) is 12.5 Å². The van der Waals surface area contributed by atoms with Gasteiger partial charge in [-0.15, -0.1) is 0 Å². The highest BCUT2D eigenvalue weighted by molar-refractivity contribution is 5.81. The molecule has 0 saturated heterocycles. The molecule has 0 bridgehead atoms. The molecule has 0 aromatic carbocycles. The molecule has 0 aromatic heterocycles. The van der Waals surface area contributed by atoms with Crippen LogP contribution in [0.15, 0.2) is 0 Å². The molecule has 0 saturated carbocycles. The van der Waals surface area contributed by atoms with Gasteiger partial charge in [0.05, 0.1) is 6.04 Å². The monoisotopic (exact) mass is 213 g/mol. The van der Waals surface area contributed by atoms with Crippen LogP contribution in [-0.4, -0.2) is 18.4 Å². The molecule has 2 heteroatoms. The Morgan fingerprint density at radius 2 is 1.73 bits per heavy atom. The second-order valence-electron chi connectivity index (χ2n) is 5.18. The quantitative estimate of drug-likeness (QED) is 0.628. The average molecular weight is 213 g/mol. The Morgan fingerprint density at radius 1 is 1.13 bits per heavy atom. The number of nitrogens with one attached hydrogen (secondary N) is 1. The SMILES string of the molecule is CC(=O)C(NCCCCC(C)C)C(C)C. The smallest absolute Gasteiger partial charge is 0.146 e. The van der Waals surface area contributed by atoms with E-state index in [0.29, 0.717) is 5.92 Å². The third-order valence-corrected chi connectivity index (χ3v) is 2.68. The maximum atomic E-state index is 11.3. The van der Waals surface area contributed by atoms with Crippen LogP contribution >= 0.6 is 0 Å². The number of carbonyl (C=O) groups is 1. The zero-order valence-electron chi connectivity index (χ0n) is 11.0. The minimum Gasteiger partial charge on any atom is -0.307 e. The van der Waals surface area contributed by atoms with Crippen molar-refractivity contribution in [3.63, 3.8) is 0 Å². The predicted octanol–water partition coefficient (Wildman–Crippen LogP) is 3.02. The lowest BCUT2D eigenvalue weighted by atomic mass is 10.0. The van der Waals surface area contributed by atoms with Crippen LogP contribution in [0.5, 0.6) is 0 Å². The molecule has 0 heterocycles. The van der Waals surface area contributed by atoms with E-state index < -0.39 is 0 Å². The summed E-state index contributed by atoms with van der Waals surface area (Å²) >= 11 is 0. The molecule has 1 atom stereocenters. The van der Waals surface area contributed by atoms with E-state index in [4.69, 9.17) is 0 Å². The van der Waals surface area contributed by atoms with Crippen molar-refractivity contribution in [3.05, 3.63) is 0 Å². The van der Waals surface area contributed by atoms with E-state index in [1.165, 1.54) is 19.3 Å². The first-order valence-electron chi connectivity index (χ1n) is 6.19. The zero-order chi connectivity index (χ0) is 11.8. The van der Waals surface area contributed by atoms with Gasteiger partial charge in [-0.2, -0.15) is 0 Å². The van der Waals surface area contributed by atoms with E-state index in [-0.39, 0.29) is 11.8 Å². The summed E-state index contributed by atoms with van der Waals surface area (Å²) in [4.78, 5) is 11.3. The van der Waals surface area contributed by atoms with Gasteiger partial charge in [-0.1, -0.05) is 40.5 Å². The highest BCUT2D eigenvalue weighted by Gasteiger charge is 2.16. The van der Waals surface area contributed by atoms with Crippen LogP contribution in [0.4, 0.5) is 0 Å². The number of hydrogen-bond donors (Lipinski definition) is 1. The normalized spacial score (nSPS) is 13.5. The molecule has 0 aliphatic carbocycles. The number of unbranched alkanes of at least 4 members (excludes halogenated alkanes) is 1. The largest absolute Gasteiger partial charge is 0.307 e. The van der Waals surface area contributed by atoms with Gasteiger partial charge in [0.15, 0.2) is 0 Å². The van der Waals surface area contributed by atoms with Crippen molar-refractivity contribution >= 4 is 5.78 Å². The number of carbonyl (C=O) groups excluding carboxylic acids is 1. The van der Waals surface area contributed by atoms with E-state index >= 15 is 0 Å². The minimum absolute atomic E-state index is 0.0454. The number of hydrogen-bond acceptors (Lipinski definition) is 2. The van der Waals surface area contributed by atoms with Gasteiger partial charge in [0, 0.05) is 0 Å². The Hall–Kier alpha value is -0.370. The molecule has 1 unspecified atom stereocenters. The standard InChI is InChI=1S/C13H27NO/c1-10(2)8-6-7-9-14-13(11(3)4)12(5)15/h10-11,13-14H,6-9H2,1-5H3. The molecular formula is C13H27NO. The molecule has 0 amide bonds. The van der Waals surface area contributed by atoms with Gasteiger partial charge >= 0.3 is 0 Å². The van der Waals surface area contributed by atoms with Crippen LogP contribution in [0, 0.1) is 11.8 Å². The van der Waals surface area contributed by atoms with Crippen molar-refractivity contribution in [2.24, 2.45) is 11.8 Å². The van der Waals surface area contributed by atoms with Crippen molar-refractivity contribution in [2.75, 3.05) is 6.54 Å². The Labute approximate surface area is 94.8 Å². The lowest BCUT2D eigenvalue weighted by molar-refractivity contribution is -0.119. The number of Topliss-reactive ketones (excluding diaryl/α,β-unsaturated/α-hetero) is 1. The number of rotatable bonds is 8. The van der Waals surface area contributed by atoms with E-state index in [2.05, 4.69) is 33.0 Å². The fourth-order valence-electron chi connectivity index (χ4n) is 1.78. The second-order valence-corrected chi connectivity index (χ2v) is 5.18. The fourth-order valence-corrected chi connectivity index (χ4v) is 1.78. The van der Waals surface area contributed by atoms with Crippen LogP contribution in [-0.2, 0) is 4.79 Å². The van der Waals surface area contributed by atoms with Gasteiger partial charge in [0.2, 0.25) is 0 Å². The van der Waals surface area contributed by atoms with Crippen LogP contribution in [0.1, 0.15) is 53.9 Å². The third-order valence-electron chi connectivity index (χ3n) is 2.68. The first kappa shape index (κ1) is 14.6. The Morgan fingerprint density at radius 3 is 2.13 bits per heavy atom. The summed E-state index contributed by atoms with van der Waals surface area (Å²) < 4.78 is 0. The van der Waals surface area contributed by atoms with Crippen LogP contribution in [0.3, 0.4) is 0 Å². The topological polar surface area (TPSA) is 29.1 Å². The van der Waals surface area contributed by atoms with Gasteiger partial charge in [0.1, 0.15) is 5.78 Å². The van der Waals surface area contributed by atoms with Crippen molar-refractivity contribution < 1.29 is 4.79 Å². The van der Waals surface area contributed by atoms with Gasteiger partial charge in [-0.3, -0.25) is 4.79 Å². The Bertz CT molecular complexity index is 175. The highest BCUT2D eigenvalue weighted by Crippen LogP contribution is 2.07. The summed E-state index contributed by atoms with van der Waals surface area (Å²) in [7, 11) is 0. The van der Waals surface area contributed by atoms with Crippen molar-refractivity contribution in [1.82, 2.24) is 5.32 Å². The summed E-state index contributed by atoms with van der Waals surface area (Å²) in [5.74, 6) is 1.44. The molecule has 0 aliphatic heterocycles. The maximum Gasteiger partial charge on any atom is 0.146 e. The number of ketones is 1. The lowest BCUT2D eigenvalue weighted by Gasteiger charge is -2.19. The first-order valence-corrected chi connectivity index (χ1v) is 6.19. The first-order chi connectivity index (χ1) is 6.95. The summed E-state index contributed by atoms with van der Waals surface area (Å²) in [6, 6.07) is 0.0454. The molecule has 15 heavy (non-hydrogen) atoms. The van der Waals surface area contributed by atoms with Gasteiger partial charge in [0.25, 0.3) is 0 Å². The maximum absolute atomic E-state index is 11.3. The van der Waals surface area contributed by atoms with Crippen molar-refractivity contribution in [3.8, 4) is 0 Å². The van der Waals surface area contributed by atoms with Gasteiger partial charge in [-0.05, 0) is 31.7 Å². The lowest BCUT2D eigenvalue weighted by Crippen LogP contribution is -2.40. The molecule has 0 aromatic rings. The second kappa shape index (κ2) is 7.86. The van der Waals surface area contributed by atoms with E-state index in [1.807, 2.05) is 0 Å². The molecule has 0 radical (unpaired) electrons. The fraction of sp³-hybridized carbons (Fsp3) is 0.923. The average Bonchev–Trinajstić information content (AvgIpc) is 2.08. The van der Waals surface area contributed by atoms with Crippen LogP contribution < -0.4 is 5.32 Å². The van der Waals surface area contributed by atoms with Crippen molar-refractivity contribution in [2.45, 2.75) is 59.9 Å². The summed E-state index contributed by atoms with van der Waals surface area (Å²) in [6.45, 7) is 11.3. The van der Waals surface area contributed by atoms with Crippen LogP contribution in [0.2, 0.25) is 0 Å². The Kier molecular flexibility index (Phi) is 7.67. The van der Waals surface area contributed by atoms with E-state index in [1.54, 1.807) is 6.92 Å². The summed E-state index contributed by atoms with van der Waals surface area (Å²) in [6.07, 6.45) is 3.72. The molecule has 90 valence electrons. The van der Waals surface area contributed by atoms with Gasteiger partial charge < -0.3 is 5.32 Å². The molecule has 2 nitrogen and oxygen atoms in total.